The molecule has 33 heavy (non-hydrogen) atoms. The van der Waals surface area contributed by atoms with Crippen LogP contribution in [0.3, 0.4) is 0 Å². The average Bonchev–Trinajstić information content (AvgIpc) is 3.58. The van der Waals surface area contributed by atoms with Gasteiger partial charge < -0.3 is 0 Å². The number of aromatic nitrogens is 2. The van der Waals surface area contributed by atoms with Gasteiger partial charge in [-0.2, -0.15) is 4.31 Å². The molecule has 0 aliphatic carbocycles. The predicted molar refractivity (Wildman–Crippen MR) is 131 cm³/mol. The zero-order valence-corrected chi connectivity index (χ0v) is 20.5. The van der Waals surface area contributed by atoms with Crippen molar-refractivity contribution >= 4 is 65.6 Å². The first-order valence-corrected chi connectivity index (χ1v) is 13.8. The van der Waals surface area contributed by atoms with Crippen LogP contribution in [-0.2, 0) is 21.4 Å². The van der Waals surface area contributed by atoms with Gasteiger partial charge in [0.25, 0.3) is 10.0 Å². The Morgan fingerprint density at radius 3 is 2.85 bits per heavy atom. The Hall–Kier alpha value is -2.37. The van der Waals surface area contributed by atoms with Crippen molar-refractivity contribution in [2.45, 2.75) is 29.6 Å². The highest BCUT2D eigenvalue weighted by Crippen LogP contribution is 2.35. The van der Waals surface area contributed by atoms with Crippen LogP contribution in [0.2, 0.25) is 5.02 Å². The smallest absolute Gasteiger partial charge is 0.253 e. The molecule has 1 fully saturated rings. The summed E-state index contributed by atoms with van der Waals surface area (Å²) in [6.45, 7) is 0.500. The summed E-state index contributed by atoms with van der Waals surface area (Å²) in [5, 5.41) is 2.80. The molecule has 0 bridgehead atoms. The van der Waals surface area contributed by atoms with Crippen LogP contribution in [0, 0.1) is 0 Å². The summed E-state index contributed by atoms with van der Waals surface area (Å²) < 4.78 is 28.9. The van der Waals surface area contributed by atoms with Crippen molar-refractivity contribution in [3.8, 4) is 0 Å². The van der Waals surface area contributed by atoms with Gasteiger partial charge in [-0.25, -0.2) is 13.4 Å². The topological polar surface area (TPSA) is 83.5 Å². The molecule has 4 heterocycles. The van der Waals surface area contributed by atoms with E-state index in [4.69, 9.17) is 11.6 Å². The van der Waals surface area contributed by atoms with E-state index >= 15 is 0 Å². The number of carbonyl (C=O) groups excluding carboxylic acids is 1. The van der Waals surface area contributed by atoms with Gasteiger partial charge in [-0.15, -0.1) is 11.3 Å². The lowest BCUT2D eigenvalue weighted by molar-refractivity contribution is -0.121. The standard InChI is InChI=1S/C22H19ClN4O3S3/c23-15-8-9-17-19(13-15)32-22(25-17)26(14-16-5-1-2-10-24-16)21(28)18-6-3-11-27(18)33(29,30)20-7-4-12-31-20/h1-2,4-5,7-10,12-13,18H,3,6,11,14H2. The third-order valence-electron chi connectivity index (χ3n) is 5.43. The number of hydrogen-bond acceptors (Lipinski definition) is 7. The van der Waals surface area contributed by atoms with Crippen molar-refractivity contribution < 1.29 is 13.2 Å². The second kappa shape index (κ2) is 9.11. The molecule has 1 atom stereocenters. The van der Waals surface area contributed by atoms with Crippen LogP contribution < -0.4 is 4.90 Å². The Morgan fingerprint density at radius 1 is 1.21 bits per heavy atom. The van der Waals surface area contributed by atoms with Crippen molar-refractivity contribution in [3.63, 3.8) is 0 Å². The number of sulfonamides is 1. The zero-order valence-electron chi connectivity index (χ0n) is 17.3. The number of carbonyl (C=O) groups is 1. The van der Waals surface area contributed by atoms with E-state index in [1.165, 1.54) is 15.6 Å². The molecule has 0 spiro atoms. The van der Waals surface area contributed by atoms with Gasteiger partial charge in [0, 0.05) is 17.8 Å². The van der Waals surface area contributed by atoms with Crippen LogP contribution in [0.1, 0.15) is 18.5 Å². The summed E-state index contributed by atoms with van der Waals surface area (Å²) in [6, 6.07) is 13.3. The number of fused-ring (bicyclic) bond motifs is 1. The largest absolute Gasteiger partial charge is 0.281 e. The summed E-state index contributed by atoms with van der Waals surface area (Å²) in [4.78, 5) is 24.4. The van der Waals surface area contributed by atoms with Gasteiger partial charge in [-0.1, -0.05) is 35.1 Å². The molecule has 1 saturated heterocycles. The Morgan fingerprint density at radius 2 is 2.09 bits per heavy atom. The first-order valence-electron chi connectivity index (χ1n) is 10.3. The monoisotopic (exact) mass is 518 g/mol. The van der Waals surface area contributed by atoms with Crippen LogP contribution >= 0.6 is 34.3 Å². The average molecular weight is 519 g/mol. The molecule has 1 aliphatic heterocycles. The van der Waals surface area contributed by atoms with Crippen LogP contribution in [0.4, 0.5) is 5.13 Å². The number of anilines is 1. The van der Waals surface area contributed by atoms with E-state index in [-0.39, 0.29) is 16.7 Å². The van der Waals surface area contributed by atoms with Gasteiger partial charge in [0.1, 0.15) is 10.3 Å². The SMILES string of the molecule is O=C(C1CCCN1S(=O)(=O)c1cccs1)N(Cc1ccccn1)c1nc2ccc(Cl)cc2s1. The molecule has 0 N–H and O–H groups in total. The molecule has 3 aromatic heterocycles. The molecule has 0 radical (unpaired) electrons. The fraction of sp³-hybridized carbons (Fsp3) is 0.227. The maximum Gasteiger partial charge on any atom is 0.253 e. The molecule has 1 aliphatic rings. The second-order valence-electron chi connectivity index (χ2n) is 7.56. The van der Waals surface area contributed by atoms with Crippen molar-refractivity contribution in [1.82, 2.24) is 14.3 Å². The molecule has 1 unspecified atom stereocenters. The van der Waals surface area contributed by atoms with Crippen molar-refractivity contribution in [1.29, 1.82) is 0 Å². The van der Waals surface area contributed by atoms with E-state index in [0.717, 1.165) is 21.6 Å². The normalized spacial score (nSPS) is 16.9. The molecule has 5 rings (SSSR count). The van der Waals surface area contributed by atoms with Gasteiger partial charge in [-0.3, -0.25) is 14.7 Å². The van der Waals surface area contributed by atoms with Crippen molar-refractivity contribution in [3.05, 3.63) is 70.8 Å². The number of hydrogen-bond donors (Lipinski definition) is 0. The van der Waals surface area contributed by atoms with Gasteiger partial charge in [0.15, 0.2) is 5.13 Å². The molecule has 0 saturated carbocycles. The highest BCUT2D eigenvalue weighted by molar-refractivity contribution is 7.91. The third-order valence-corrected chi connectivity index (χ3v) is 9.99. The zero-order chi connectivity index (χ0) is 23.0. The number of amides is 1. The van der Waals surface area contributed by atoms with E-state index in [1.807, 2.05) is 30.3 Å². The third kappa shape index (κ3) is 4.41. The molecule has 1 aromatic carbocycles. The number of pyridine rings is 1. The highest BCUT2D eigenvalue weighted by atomic mass is 35.5. The van der Waals surface area contributed by atoms with Gasteiger partial charge in [0.2, 0.25) is 5.91 Å². The Balaban J connectivity index is 1.53. The number of rotatable bonds is 6. The van der Waals surface area contributed by atoms with Gasteiger partial charge >= 0.3 is 0 Å². The molecular formula is C22H19ClN4O3S3. The molecule has 11 heteroatoms. The lowest BCUT2D eigenvalue weighted by Gasteiger charge is -2.28. The summed E-state index contributed by atoms with van der Waals surface area (Å²) in [6.07, 6.45) is 2.74. The number of benzene rings is 1. The second-order valence-corrected chi connectivity index (χ2v) is 12.1. The number of nitrogens with zero attached hydrogens (tertiary/aromatic N) is 4. The summed E-state index contributed by atoms with van der Waals surface area (Å²) in [5.41, 5.74) is 1.42. The lowest BCUT2D eigenvalue weighted by atomic mass is 10.2. The van der Waals surface area contributed by atoms with Crippen LogP contribution in [0.25, 0.3) is 10.2 Å². The fourth-order valence-electron chi connectivity index (χ4n) is 3.88. The van der Waals surface area contributed by atoms with Crippen LogP contribution in [0.15, 0.2) is 64.3 Å². The van der Waals surface area contributed by atoms with Crippen molar-refractivity contribution in [2.75, 3.05) is 11.4 Å². The molecule has 1 amide bonds. The maximum absolute atomic E-state index is 13.9. The minimum Gasteiger partial charge on any atom is -0.281 e. The van der Waals surface area contributed by atoms with E-state index < -0.39 is 16.1 Å². The van der Waals surface area contributed by atoms with Gasteiger partial charge in [0.05, 0.1) is 22.5 Å². The minimum absolute atomic E-state index is 0.191. The number of thiazole rings is 1. The molecular weight excluding hydrogens is 500 g/mol. The molecule has 4 aromatic rings. The van der Waals surface area contributed by atoms with Crippen LogP contribution in [-0.4, -0.2) is 41.2 Å². The van der Waals surface area contributed by atoms with E-state index in [2.05, 4.69) is 9.97 Å². The summed E-state index contributed by atoms with van der Waals surface area (Å²) in [5.74, 6) is -0.302. The molecule has 170 valence electrons. The predicted octanol–water partition coefficient (Wildman–Crippen LogP) is 4.79. The Bertz CT molecular complexity index is 1390. The van der Waals surface area contributed by atoms with E-state index in [0.29, 0.717) is 35.2 Å². The first-order chi connectivity index (χ1) is 15.9. The lowest BCUT2D eigenvalue weighted by Crippen LogP contribution is -2.47. The fourth-order valence-corrected chi connectivity index (χ4v) is 7.89. The quantitative estimate of drug-likeness (QED) is 0.366. The molecule has 7 nitrogen and oxygen atoms in total. The van der Waals surface area contributed by atoms with E-state index in [9.17, 15) is 13.2 Å². The Labute approximate surface area is 204 Å². The summed E-state index contributed by atoms with van der Waals surface area (Å²) >= 11 is 8.64. The first kappa shape index (κ1) is 22.4. The Kier molecular flexibility index (Phi) is 6.19. The van der Waals surface area contributed by atoms with Crippen molar-refractivity contribution in [2.24, 2.45) is 0 Å². The minimum atomic E-state index is -3.75. The number of halogens is 1. The van der Waals surface area contributed by atoms with E-state index in [1.54, 1.807) is 34.7 Å². The van der Waals surface area contributed by atoms with Gasteiger partial charge in [-0.05, 0) is 54.6 Å². The maximum atomic E-state index is 13.9. The highest BCUT2D eigenvalue weighted by Gasteiger charge is 2.42. The number of thiophene rings is 1. The summed E-state index contributed by atoms with van der Waals surface area (Å²) in [7, 11) is -3.75. The van der Waals surface area contributed by atoms with Crippen LogP contribution in [0.5, 0.6) is 0 Å².